The Morgan fingerprint density at radius 1 is 0.943 bits per heavy atom. The molecule has 0 atom stereocenters. The Labute approximate surface area is 202 Å². The zero-order valence-electron chi connectivity index (χ0n) is 19.2. The highest BCUT2D eigenvalue weighted by atomic mass is 16.6. The number of hydrogen-bond acceptors (Lipinski definition) is 6. The molecule has 2 heterocycles. The molecule has 1 fully saturated rings. The zero-order chi connectivity index (χ0) is 24.2. The number of rotatable bonds is 7. The smallest absolute Gasteiger partial charge is 0.292 e. The van der Waals surface area contributed by atoms with Gasteiger partial charge in [-0.05, 0) is 36.2 Å². The predicted octanol–water partition coefficient (Wildman–Crippen LogP) is 4.96. The Bertz CT molecular complexity index is 1310. The van der Waals surface area contributed by atoms with Gasteiger partial charge >= 0.3 is 0 Å². The Balaban J connectivity index is 1.24. The summed E-state index contributed by atoms with van der Waals surface area (Å²) >= 11 is 0. The number of furan rings is 1. The third kappa shape index (κ3) is 4.96. The number of para-hydroxylation sites is 1. The van der Waals surface area contributed by atoms with Crippen molar-refractivity contribution in [3.63, 3.8) is 0 Å². The van der Waals surface area contributed by atoms with Gasteiger partial charge in [0, 0.05) is 49.9 Å². The van der Waals surface area contributed by atoms with E-state index < -0.39 is 0 Å². The number of piperazine rings is 1. The average Bonchev–Trinajstić information content (AvgIpc) is 3.33. The van der Waals surface area contributed by atoms with Crippen LogP contribution in [0.15, 0.2) is 83.3 Å². The summed E-state index contributed by atoms with van der Waals surface area (Å²) in [5.41, 5.74) is 3.33. The number of anilines is 2. The summed E-state index contributed by atoms with van der Waals surface area (Å²) in [6.45, 7) is 2.95. The first-order valence-electron chi connectivity index (χ1n) is 11.7. The minimum atomic E-state index is -0.363. The second-order valence-electron chi connectivity index (χ2n) is 8.55. The van der Waals surface area contributed by atoms with E-state index in [9.17, 15) is 14.9 Å². The molecule has 1 aromatic heterocycles. The molecule has 0 aliphatic carbocycles. The van der Waals surface area contributed by atoms with Crippen molar-refractivity contribution < 1.29 is 14.1 Å². The van der Waals surface area contributed by atoms with E-state index in [0.717, 1.165) is 17.5 Å². The quantitative estimate of drug-likeness (QED) is 0.303. The van der Waals surface area contributed by atoms with Crippen molar-refractivity contribution in [1.29, 1.82) is 0 Å². The molecule has 5 rings (SSSR count). The fourth-order valence-electron chi connectivity index (χ4n) is 4.42. The van der Waals surface area contributed by atoms with Crippen LogP contribution >= 0.6 is 0 Å². The Kier molecular flexibility index (Phi) is 6.34. The van der Waals surface area contributed by atoms with Crippen molar-refractivity contribution in [2.45, 2.75) is 6.42 Å². The normalized spacial score (nSPS) is 13.7. The van der Waals surface area contributed by atoms with E-state index in [4.69, 9.17) is 4.42 Å². The van der Waals surface area contributed by atoms with Gasteiger partial charge in [-0.25, -0.2) is 0 Å². The summed E-state index contributed by atoms with van der Waals surface area (Å²) in [5, 5.41) is 15.7. The lowest BCUT2D eigenvalue weighted by molar-refractivity contribution is -0.383. The van der Waals surface area contributed by atoms with E-state index in [1.165, 1.54) is 5.56 Å². The third-order valence-corrected chi connectivity index (χ3v) is 6.32. The highest BCUT2D eigenvalue weighted by molar-refractivity contribution is 5.96. The van der Waals surface area contributed by atoms with Crippen LogP contribution in [0.3, 0.4) is 0 Å². The molecule has 1 amide bonds. The van der Waals surface area contributed by atoms with E-state index in [2.05, 4.69) is 10.2 Å². The number of nitro groups is 1. The number of nitrogens with one attached hydrogen (secondary N) is 1. The van der Waals surface area contributed by atoms with Crippen molar-refractivity contribution >= 4 is 33.9 Å². The van der Waals surface area contributed by atoms with Crippen molar-refractivity contribution in [2.24, 2.45) is 0 Å². The molecular formula is C27H26N4O4. The van der Waals surface area contributed by atoms with E-state index in [-0.39, 0.29) is 16.5 Å². The first-order valence-corrected chi connectivity index (χ1v) is 11.7. The van der Waals surface area contributed by atoms with Gasteiger partial charge in [0.05, 0.1) is 4.92 Å². The van der Waals surface area contributed by atoms with Crippen LogP contribution in [-0.4, -0.2) is 48.5 Å². The van der Waals surface area contributed by atoms with E-state index >= 15 is 0 Å². The molecule has 0 radical (unpaired) electrons. The first kappa shape index (κ1) is 22.5. The van der Waals surface area contributed by atoms with Crippen LogP contribution < -0.4 is 10.2 Å². The van der Waals surface area contributed by atoms with Crippen LogP contribution in [0.2, 0.25) is 0 Å². The second kappa shape index (κ2) is 9.89. The lowest BCUT2D eigenvalue weighted by atomic mass is 10.1. The molecule has 3 aromatic carbocycles. The first-order chi connectivity index (χ1) is 17.1. The Morgan fingerprint density at radius 2 is 1.69 bits per heavy atom. The van der Waals surface area contributed by atoms with Crippen molar-refractivity contribution in [3.05, 3.63) is 100 Å². The summed E-state index contributed by atoms with van der Waals surface area (Å²) in [6.07, 6.45) is 0.769. The van der Waals surface area contributed by atoms with Crippen LogP contribution in [0.25, 0.3) is 11.0 Å². The molecule has 1 saturated heterocycles. The van der Waals surface area contributed by atoms with Gasteiger partial charge in [-0.15, -0.1) is 0 Å². The molecule has 178 valence electrons. The molecule has 1 aliphatic heterocycles. The zero-order valence-corrected chi connectivity index (χ0v) is 19.2. The Morgan fingerprint density at radius 3 is 2.43 bits per heavy atom. The number of amides is 1. The minimum absolute atomic E-state index is 0.0560. The van der Waals surface area contributed by atoms with Crippen molar-refractivity contribution in [2.75, 3.05) is 42.9 Å². The maximum absolute atomic E-state index is 13.0. The van der Waals surface area contributed by atoms with Gasteiger partial charge in [-0.2, -0.15) is 0 Å². The van der Waals surface area contributed by atoms with E-state index in [1.54, 1.807) is 23.1 Å². The number of nitrogens with zero attached hydrogens (tertiary/aromatic N) is 3. The number of carbonyl (C=O) groups is 1. The fraction of sp³-hybridized carbons (Fsp3) is 0.222. The van der Waals surface area contributed by atoms with Crippen molar-refractivity contribution in [1.82, 2.24) is 4.90 Å². The van der Waals surface area contributed by atoms with Crippen LogP contribution in [0, 0.1) is 10.1 Å². The maximum Gasteiger partial charge on any atom is 0.292 e. The van der Waals surface area contributed by atoms with Crippen molar-refractivity contribution in [3.8, 4) is 0 Å². The van der Waals surface area contributed by atoms with Gasteiger partial charge in [0.25, 0.3) is 11.6 Å². The number of hydrogen-bond donors (Lipinski definition) is 1. The number of benzene rings is 3. The van der Waals surface area contributed by atoms with Gasteiger partial charge in [-0.3, -0.25) is 14.9 Å². The third-order valence-electron chi connectivity index (χ3n) is 6.32. The van der Waals surface area contributed by atoms with Gasteiger partial charge in [0.15, 0.2) is 5.76 Å². The highest BCUT2D eigenvalue weighted by Gasteiger charge is 2.25. The second-order valence-corrected chi connectivity index (χ2v) is 8.55. The lowest BCUT2D eigenvalue weighted by Crippen LogP contribution is -2.48. The van der Waals surface area contributed by atoms with Gasteiger partial charge in [0.2, 0.25) is 0 Å². The molecule has 35 heavy (non-hydrogen) atoms. The molecule has 4 aromatic rings. The van der Waals surface area contributed by atoms with Gasteiger partial charge in [-0.1, -0.05) is 48.5 Å². The van der Waals surface area contributed by atoms with Crippen LogP contribution in [0.1, 0.15) is 16.1 Å². The predicted molar refractivity (Wildman–Crippen MR) is 136 cm³/mol. The molecule has 0 bridgehead atoms. The largest absolute Gasteiger partial charge is 0.451 e. The molecular weight excluding hydrogens is 444 g/mol. The topological polar surface area (TPSA) is 91.9 Å². The summed E-state index contributed by atoms with van der Waals surface area (Å²) < 4.78 is 5.74. The van der Waals surface area contributed by atoms with E-state index in [1.807, 2.05) is 60.7 Å². The lowest BCUT2D eigenvalue weighted by Gasteiger charge is -2.35. The minimum Gasteiger partial charge on any atom is -0.451 e. The Hall–Kier alpha value is -4.33. The molecule has 8 nitrogen and oxygen atoms in total. The standard InChI is InChI=1S/C27H26N4O4/c32-27(26-18-21-8-4-5-9-25(21)35-26)30-16-14-29(15-17-30)22-10-11-24(31(33)34)23(19-22)28-13-12-20-6-2-1-3-7-20/h1-11,18-19,28H,12-17H2. The number of nitro benzene ring substituents is 1. The van der Waals surface area contributed by atoms with E-state index in [0.29, 0.717) is 49.8 Å². The summed E-state index contributed by atoms with van der Waals surface area (Å²) in [4.78, 5) is 28.1. The SMILES string of the molecule is O=C(c1cc2ccccc2o1)N1CCN(c2ccc([N+](=O)[O-])c(NCCc3ccccc3)c2)CC1. The maximum atomic E-state index is 13.0. The van der Waals surface area contributed by atoms with Crippen LogP contribution in [-0.2, 0) is 6.42 Å². The van der Waals surface area contributed by atoms with Gasteiger partial charge < -0.3 is 19.5 Å². The van der Waals surface area contributed by atoms with Crippen LogP contribution in [0.5, 0.6) is 0 Å². The average molecular weight is 471 g/mol. The summed E-state index contributed by atoms with van der Waals surface area (Å²) in [6, 6.07) is 24.5. The molecule has 0 spiro atoms. The van der Waals surface area contributed by atoms with Crippen LogP contribution in [0.4, 0.5) is 17.1 Å². The highest BCUT2D eigenvalue weighted by Crippen LogP contribution is 2.30. The molecule has 0 saturated carbocycles. The number of carbonyl (C=O) groups excluding carboxylic acids is 1. The monoisotopic (exact) mass is 470 g/mol. The summed E-state index contributed by atoms with van der Waals surface area (Å²) in [7, 11) is 0. The molecule has 8 heteroatoms. The fourth-order valence-corrected chi connectivity index (χ4v) is 4.42. The molecule has 0 unspecified atom stereocenters. The molecule has 1 aliphatic rings. The molecule has 1 N–H and O–H groups in total. The van der Waals surface area contributed by atoms with Gasteiger partial charge in [0.1, 0.15) is 11.3 Å². The summed E-state index contributed by atoms with van der Waals surface area (Å²) in [5.74, 6) is 0.229. The number of fused-ring (bicyclic) bond motifs is 1.